The zero-order valence-electron chi connectivity index (χ0n) is 42.4. The van der Waals surface area contributed by atoms with Crippen LogP contribution in [0.2, 0.25) is 10.0 Å². The molecule has 1 N–H and O–H groups in total. The van der Waals surface area contributed by atoms with E-state index in [4.69, 9.17) is 34.6 Å². The Kier molecular flexibility index (Phi) is 28.9. The molecule has 6 aromatic carbocycles. The monoisotopic (exact) mass is 1150 g/mol. The van der Waals surface area contributed by atoms with Crippen molar-refractivity contribution in [3.8, 4) is 0 Å². The van der Waals surface area contributed by atoms with Crippen molar-refractivity contribution in [2.75, 3.05) is 68.7 Å². The number of benzene rings is 6. The Balaban J connectivity index is 0.000000388. The van der Waals surface area contributed by atoms with Gasteiger partial charge in [-0.1, -0.05) is 144 Å². The van der Waals surface area contributed by atoms with Crippen molar-refractivity contribution < 1.29 is 67.1 Å². The second kappa shape index (κ2) is 33.2. The molecule has 73 heavy (non-hydrogen) atoms. The third-order valence-corrected chi connectivity index (χ3v) is 15.5. The van der Waals surface area contributed by atoms with Crippen LogP contribution in [-0.2, 0) is 54.1 Å². The van der Waals surface area contributed by atoms with E-state index in [1.165, 1.54) is 34.8 Å². The Labute approximate surface area is 475 Å². The fraction of sp³-hybridized carbons (Fsp3) is 0.327. The number of hydrogen-bond acceptors (Lipinski definition) is 11. The summed E-state index contributed by atoms with van der Waals surface area (Å²) in [5.74, 6) is 0. The summed E-state index contributed by atoms with van der Waals surface area (Å²) >= 11 is 15.6. The van der Waals surface area contributed by atoms with Gasteiger partial charge in [0.15, 0.2) is 19.7 Å². The third-order valence-electron chi connectivity index (χ3n) is 11.8. The molecule has 2 aliphatic heterocycles. The Morgan fingerprint density at radius 2 is 1.16 bits per heavy atom. The van der Waals surface area contributed by atoms with Crippen LogP contribution in [0.5, 0.6) is 0 Å². The first-order chi connectivity index (χ1) is 34.4. The van der Waals surface area contributed by atoms with Gasteiger partial charge in [0.1, 0.15) is 0 Å². The summed E-state index contributed by atoms with van der Waals surface area (Å²) in [6.45, 7) is 9.93. The average molecular weight is 1150 g/mol. The number of halogens is 4. The molecule has 2 heterocycles. The van der Waals surface area contributed by atoms with Crippen LogP contribution in [0.4, 0.5) is 15.8 Å². The number of sulfone groups is 2. The zero-order valence-corrected chi connectivity index (χ0v) is 48.1. The fourth-order valence-corrected chi connectivity index (χ4v) is 10.1. The van der Waals surface area contributed by atoms with Crippen molar-refractivity contribution in [2.45, 2.75) is 67.9 Å². The van der Waals surface area contributed by atoms with E-state index >= 15 is 0 Å². The van der Waals surface area contributed by atoms with Crippen molar-refractivity contribution in [1.82, 2.24) is 10.2 Å². The van der Waals surface area contributed by atoms with Gasteiger partial charge in [0.2, 0.25) is 0 Å². The molecule has 2 atom stereocenters. The third kappa shape index (κ3) is 22.1. The van der Waals surface area contributed by atoms with Crippen molar-refractivity contribution in [3.05, 3.63) is 189 Å². The summed E-state index contributed by atoms with van der Waals surface area (Å²) in [6, 6.07) is 48.6. The van der Waals surface area contributed by atoms with Crippen LogP contribution in [0.15, 0.2) is 155 Å². The molecule has 0 bridgehead atoms. The topological polar surface area (TPSA) is 139 Å². The fourth-order valence-electron chi connectivity index (χ4n) is 8.02. The van der Waals surface area contributed by atoms with E-state index in [2.05, 4.69) is 114 Å². The minimum atomic E-state index is -3.23. The van der Waals surface area contributed by atoms with Gasteiger partial charge in [-0.05, 0) is 109 Å². The van der Waals surface area contributed by atoms with Gasteiger partial charge in [-0.25, -0.2) is 16.8 Å². The van der Waals surface area contributed by atoms with E-state index in [0.29, 0.717) is 21.9 Å². The normalized spacial score (nSPS) is 15.5. The number of carbonyl (C=O) groups excluding carboxylic acids is 1. The molecule has 0 spiro atoms. The maximum Gasteiger partial charge on any atom is 1.00 e. The predicted octanol–water partition coefficient (Wildman–Crippen LogP) is 7.30. The molecule has 390 valence electrons. The van der Waals surface area contributed by atoms with Gasteiger partial charge >= 0.3 is 29.6 Å². The van der Waals surface area contributed by atoms with Gasteiger partial charge in [0.25, 0.3) is 6.47 Å². The standard InChI is InChI=1S/C26H29ClN2O2S.C18H22N2O2S.C8H8BrCl.CH3F.CH2O3.CH4.Na/c1-20-11-12-22(16-26(20)27)18-28-13-14-29(19-24(28)15-21-7-4-3-5-8-21)23-9-6-10-25(17-23)32(2,30)31;1-23(21,22)18-9-5-8-17(13-18)20-11-10-19-16(14-20)12-15-6-3-2-4-7-15;1-6-2-3-7(5-9)4-8(6)10;1-2;2-1-4-3;;/h3-12,16-17,24H,13-15,18-19H2,1-2H3;2-9,13,16,19H,10-12,14H2,1H3;2-4H,5H2,1H3;1H3;1,3H;1H4;/q;;;;;;+1/p-1/t24-;16-;;;;;/m00...../s1/i;;;1D;;;. The molecule has 0 amide bonds. The van der Waals surface area contributed by atoms with Crippen LogP contribution in [0.25, 0.3) is 0 Å². The number of rotatable bonds is 12. The van der Waals surface area contributed by atoms with E-state index < -0.39 is 26.8 Å². The summed E-state index contributed by atoms with van der Waals surface area (Å²) in [5, 5.41) is 14.5. The summed E-state index contributed by atoms with van der Waals surface area (Å²) in [7, 11) is -7.40. The van der Waals surface area contributed by atoms with Crippen molar-refractivity contribution in [2.24, 2.45) is 0 Å². The van der Waals surface area contributed by atoms with Crippen LogP contribution in [0.3, 0.4) is 0 Å². The first-order valence-corrected chi connectivity index (χ1v) is 28.3. The number of carbonyl (C=O) groups is 1. The maximum atomic E-state index is 12.0. The Morgan fingerprint density at radius 1 is 0.699 bits per heavy atom. The second-order valence-electron chi connectivity index (χ2n) is 17.1. The number of anilines is 2. The Bertz CT molecular complexity index is 2830. The molecule has 0 aliphatic carbocycles. The molecule has 2 saturated heterocycles. The second-order valence-corrected chi connectivity index (χ2v) is 22.5. The molecule has 18 heteroatoms. The van der Waals surface area contributed by atoms with Gasteiger partial charge < -0.3 is 25.3 Å². The molecule has 11 nitrogen and oxygen atoms in total. The minimum Gasteiger partial charge on any atom is -0.662 e. The first-order valence-electron chi connectivity index (χ1n) is 23.4. The first kappa shape index (κ1) is 63.5. The smallest absolute Gasteiger partial charge is 0.662 e. The largest absolute Gasteiger partial charge is 1.00 e. The van der Waals surface area contributed by atoms with Crippen LogP contribution >= 0.6 is 39.1 Å². The Hall–Kier alpha value is -3.84. The maximum absolute atomic E-state index is 12.0. The average Bonchev–Trinajstić information content (AvgIpc) is 3.37. The quantitative estimate of drug-likeness (QED) is 0.0435. The number of hydrogen-bond donors (Lipinski definition) is 1. The predicted molar refractivity (Wildman–Crippen MR) is 296 cm³/mol. The van der Waals surface area contributed by atoms with Crippen molar-refractivity contribution in [3.63, 3.8) is 0 Å². The summed E-state index contributed by atoms with van der Waals surface area (Å²) in [6.07, 6.45) is 4.42. The van der Waals surface area contributed by atoms with E-state index in [0.717, 1.165) is 96.5 Å². The molecule has 6 aromatic rings. The van der Waals surface area contributed by atoms with Gasteiger partial charge in [0.05, 0.1) is 18.3 Å². The zero-order chi connectivity index (χ0) is 52.7. The number of nitrogens with zero attached hydrogens (tertiary/aromatic N) is 3. The molecule has 2 aliphatic rings. The van der Waals surface area contributed by atoms with Crippen LogP contribution in [0, 0.1) is 13.8 Å². The molecule has 0 unspecified atom stereocenters. The van der Waals surface area contributed by atoms with Gasteiger partial charge in [-0.3, -0.25) is 14.1 Å². The number of aryl methyl sites for hydroxylation is 2. The molecule has 0 aromatic heterocycles. The summed E-state index contributed by atoms with van der Waals surface area (Å²) < 4.78 is 63.1. The molecular weight excluding hydrogens is 1090 g/mol. The van der Waals surface area contributed by atoms with E-state index in [-0.39, 0.29) is 43.5 Å². The minimum absolute atomic E-state index is 0. The molecule has 0 radical (unpaired) electrons. The van der Waals surface area contributed by atoms with Gasteiger partial charge in [0, 0.05) is 97.2 Å². The van der Waals surface area contributed by atoms with Gasteiger partial charge in [-0.2, -0.15) is 0 Å². The van der Waals surface area contributed by atoms with Gasteiger partial charge in [-0.15, -0.1) is 0 Å². The number of nitrogens with one attached hydrogen (secondary N) is 1. The number of piperazine rings is 2. The summed E-state index contributed by atoms with van der Waals surface area (Å²) in [4.78, 5) is 19.1. The van der Waals surface area contributed by atoms with Crippen molar-refractivity contribution >= 4 is 76.7 Å². The Morgan fingerprint density at radius 3 is 1.63 bits per heavy atom. The van der Waals surface area contributed by atoms with Crippen molar-refractivity contribution in [1.29, 1.82) is 0 Å². The SMILES string of the molecule is C.CS(=O)(=O)c1cccc(N2CCN[C@@H](Cc3ccccc3)C2)c1.Cc1ccc(CBr)cc1Cl.Cc1ccc(CN2CCN(c3cccc(S(C)(=O)=O)c3)C[C@@H]2Cc2ccccc2)cc1Cl.O=CO[O-].[2H]CF.[Na+]. The van der Waals surface area contributed by atoms with Crippen LogP contribution in [0.1, 0.15) is 42.2 Å². The van der Waals surface area contributed by atoms with E-state index in [1.807, 2.05) is 62.4 Å². The van der Waals surface area contributed by atoms with Crippen LogP contribution in [-0.4, -0.2) is 99.2 Å². The molecular formula is C55H67BrCl2FN4NaO7S2. The number of alkyl halides is 2. The van der Waals surface area contributed by atoms with E-state index in [1.54, 1.807) is 24.3 Å². The molecule has 2 fully saturated rings. The summed E-state index contributed by atoms with van der Waals surface area (Å²) in [5.41, 5.74) is 9.21. The van der Waals surface area contributed by atoms with Crippen LogP contribution < -0.4 is 49.9 Å². The molecule has 0 saturated carbocycles. The van der Waals surface area contributed by atoms with E-state index in [9.17, 15) is 21.2 Å². The molecule has 8 rings (SSSR count).